The van der Waals surface area contributed by atoms with Gasteiger partial charge in [-0.1, -0.05) is 24.3 Å². The quantitative estimate of drug-likeness (QED) is 0.421. The number of ether oxygens (including phenoxy) is 1. The normalized spacial score (nSPS) is 10.9. The number of nitrogens with one attached hydrogen (secondary N) is 1. The average Bonchev–Trinajstić information content (AvgIpc) is 2.85. The van der Waals surface area contributed by atoms with Crippen molar-refractivity contribution in [3.8, 4) is 5.75 Å². The van der Waals surface area contributed by atoms with E-state index in [0.717, 1.165) is 27.0 Å². The average molecular weight is 476 g/mol. The maximum atomic E-state index is 13.5. The number of benzene rings is 2. The highest BCUT2D eigenvalue weighted by atomic mass is 19.1. The summed E-state index contributed by atoms with van der Waals surface area (Å²) in [6.45, 7) is 4.40. The Bertz CT molecular complexity index is 1440. The molecule has 0 radical (unpaired) electrons. The summed E-state index contributed by atoms with van der Waals surface area (Å²) >= 11 is 0. The second-order valence-electron chi connectivity index (χ2n) is 8.25. The molecule has 180 valence electrons. The van der Waals surface area contributed by atoms with Crippen LogP contribution in [-0.2, 0) is 19.6 Å². The largest absolute Gasteiger partial charge is 0.497 e. The highest BCUT2D eigenvalue weighted by molar-refractivity contribution is 5.33. The van der Waals surface area contributed by atoms with Gasteiger partial charge in [0.05, 0.1) is 20.2 Å². The molecular weight excluding hydrogens is 449 g/mol. The van der Waals surface area contributed by atoms with Crippen LogP contribution in [0.3, 0.4) is 0 Å². The van der Waals surface area contributed by atoms with Gasteiger partial charge in [-0.25, -0.2) is 18.5 Å². The van der Waals surface area contributed by atoms with Crippen molar-refractivity contribution in [2.24, 2.45) is 0 Å². The monoisotopic (exact) mass is 475 g/mol. The second kappa shape index (κ2) is 10.3. The Morgan fingerprint density at radius 2 is 1.57 bits per heavy atom. The van der Waals surface area contributed by atoms with Gasteiger partial charge in [0, 0.05) is 18.4 Å². The van der Waals surface area contributed by atoms with E-state index in [1.54, 1.807) is 25.4 Å². The number of hydrogen-bond donors (Lipinski definition) is 1. The van der Waals surface area contributed by atoms with Gasteiger partial charge in [-0.2, -0.15) is 4.98 Å². The molecule has 4 aromatic rings. The molecule has 0 atom stereocenters. The molecule has 0 spiro atoms. The first-order valence-corrected chi connectivity index (χ1v) is 11.1. The lowest BCUT2D eigenvalue weighted by molar-refractivity contribution is 0.414. The van der Waals surface area contributed by atoms with Crippen LogP contribution in [0.2, 0.25) is 0 Å². The number of rotatable bonds is 8. The number of hydrogen-bond acceptors (Lipinski definition) is 6. The van der Waals surface area contributed by atoms with E-state index in [4.69, 9.17) is 4.74 Å². The zero-order chi connectivity index (χ0) is 24.9. The van der Waals surface area contributed by atoms with Crippen LogP contribution in [0.4, 0.5) is 10.3 Å². The minimum absolute atomic E-state index is 0.0190. The maximum Gasteiger partial charge on any atom is 0.355 e. The first kappa shape index (κ1) is 23.9. The maximum absolute atomic E-state index is 13.5. The molecule has 0 saturated carbocycles. The molecule has 8 nitrogen and oxygen atoms in total. The number of aryl methyl sites for hydroxylation is 2. The Morgan fingerprint density at radius 1 is 0.943 bits per heavy atom. The minimum Gasteiger partial charge on any atom is -0.497 e. The van der Waals surface area contributed by atoms with Crippen LogP contribution in [0.15, 0.2) is 70.4 Å². The molecule has 0 amide bonds. The van der Waals surface area contributed by atoms with E-state index in [1.807, 2.05) is 32.0 Å². The molecule has 0 aliphatic heterocycles. The van der Waals surface area contributed by atoms with Gasteiger partial charge in [0.1, 0.15) is 11.6 Å². The van der Waals surface area contributed by atoms with Gasteiger partial charge in [0.2, 0.25) is 5.95 Å². The molecule has 35 heavy (non-hydrogen) atoms. The van der Waals surface area contributed by atoms with E-state index in [9.17, 15) is 14.0 Å². The van der Waals surface area contributed by atoms with E-state index in [1.165, 1.54) is 28.8 Å². The molecular formula is C26H26FN5O3. The van der Waals surface area contributed by atoms with Crippen LogP contribution < -0.4 is 21.4 Å². The first-order valence-electron chi connectivity index (χ1n) is 11.1. The zero-order valence-corrected chi connectivity index (χ0v) is 19.8. The molecule has 9 heteroatoms. The van der Waals surface area contributed by atoms with E-state index < -0.39 is 17.2 Å². The second-order valence-corrected chi connectivity index (χ2v) is 8.25. The minimum atomic E-state index is -0.688. The van der Waals surface area contributed by atoms with Gasteiger partial charge in [0.25, 0.3) is 0 Å². The number of aromatic nitrogens is 4. The van der Waals surface area contributed by atoms with Crippen molar-refractivity contribution in [3.05, 3.63) is 116 Å². The van der Waals surface area contributed by atoms with Crippen molar-refractivity contribution in [3.63, 3.8) is 0 Å². The molecule has 2 heterocycles. The lowest BCUT2D eigenvalue weighted by atomic mass is 10.1. The summed E-state index contributed by atoms with van der Waals surface area (Å²) in [4.78, 5) is 34.8. The third kappa shape index (κ3) is 5.63. The Kier molecular flexibility index (Phi) is 7.05. The number of methoxy groups -OCH3 is 1. The molecule has 0 aliphatic rings. The fourth-order valence-electron chi connectivity index (χ4n) is 3.71. The van der Waals surface area contributed by atoms with Gasteiger partial charge >= 0.3 is 11.4 Å². The molecule has 0 saturated heterocycles. The van der Waals surface area contributed by atoms with Gasteiger partial charge in [-0.05, 0) is 66.4 Å². The van der Waals surface area contributed by atoms with Gasteiger partial charge in [-0.15, -0.1) is 0 Å². The third-order valence-corrected chi connectivity index (χ3v) is 5.70. The molecule has 4 rings (SSSR count). The van der Waals surface area contributed by atoms with Crippen LogP contribution in [0.1, 0.15) is 27.9 Å². The summed E-state index contributed by atoms with van der Waals surface area (Å²) in [5.41, 5.74) is 3.11. The molecule has 1 N–H and O–H groups in total. The summed E-state index contributed by atoms with van der Waals surface area (Å²) < 4.78 is 21.0. The fraction of sp³-hybridized carbons (Fsp3) is 0.231. The van der Waals surface area contributed by atoms with E-state index in [0.29, 0.717) is 17.9 Å². The topological polar surface area (TPSA) is 91.0 Å². The molecule has 0 unspecified atom stereocenters. The van der Waals surface area contributed by atoms with E-state index in [-0.39, 0.29) is 19.0 Å². The van der Waals surface area contributed by atoms with Crippen LogP contribution in [0, 0.1) is 19.7 Å². The highest BCUT2D eigenvalue weighted by Gasteiger charge is 2.15. The Hall–Kier alpha value is -4.27. The van der Waals surface area contributed by atoms with Crippen molar-refractivity contribution >= 4 is 5.95 Å². The number of anilines is 1. The SMILES string of the molecule is COc1ccc(Cn2c(NCc3cnc(C)cc3C)nc(=O)n(Cc3ccc(F)cc3)c2=O)cc1. The van der Waals surface area contributed by atoms with E-state index in [2.05, 4.69) is 15.3 Å². The summed E-state index contributed by atoms with van der Waals surface area (Å²) in [6.07, 6.45) is 1.76. The molecule has 2 aromatic carbocycles. The van der Waals surface area contributed by atoms with Crippen molar-refractivity contribution in [2.75, 3.05) is 12.4 Å². The molecule has 0 bridgehead atoms. The Labute approximate surface area is 201 Å². The third-order valence-electron chi connectivity index (χ3n) is 5.70. The van der Waals surface area contributed by atoms with Crippen LogP contribution in [0.5, 0.6) is 5.75 Å². The standard InChI is InChI=1S/C26H26FN5O3/c1-17-12-18(2)28-13-21(17)14-29-24-30-25(33)32(16-19-4-8-22(27)9-5-19)26(34)31(24)15-20-6-10-23(35-3)11-7-20/h4-13H,14-16H2,1-3H3,(H,29,30,33). The predicted octanol–water partition coefficient (Wildman–Crippen LogP) is 3.27. The van der Waals surface area contributed by atoms with Crippen molar-refractivity contribution in [1.82, 2.24) is 19.1 Å². The molecule has 2 aromatic heterocycles. The van der Waals surface area contributed by atoms with Crippen LogP contribution in [-0.4, -0.2) is 26.2 Å². The Morgan fingerprint density at radius 3 is 2.20 bits per heavy atom. The Balaban J connectivity index is 1.72. The van der Waals surface area contributed by atoms with Gasteiger partial charge in [-0.3, -0.25) is 9.55 Å². The van der Waals surface area contributed by atoms with Crippen molar-refractivity contribution in [1.29, 1.82) is 0 Å². The predicted molar refractivity (Wildman–Crippen MR) is 131 cm³/mol. The summed E-state index contributed by atoms with van der Waals surface area (Å²) in [6, 6.07) is 14.9. The van der Waals surface area contributed by atoms with Crippen molar-refractivity contribution in [2.45, 2.75) is 33.5 Å². The molecule has 0 aliphatic carbocycles. The fourth-order valence-corrected chi connectivity index (χ4v) is 3.71. The van der Waals surface area contributed by atoms with Gasteiger partial charge in [0.15, 0.2) is 0 Å². The number of nitrogens with zero attached hydrogens (tertiary/aromatic N) is 4. The van der Waals surface area contributed by atoms with E-state index >= 15 is 0 Å². The van der Waals surface area contributed by atoms with Gasteiger partial charge < -0.3 is 10.1 Å². The highest BCUT2D eigenvalue weighted by Crippen LogP contribution is 2.14. The zero-order valence-electron chi connectivity index (χ0n) is 19.8. The molecule has 0 fully saturated rings. The van der Waals surface area contributed by atoms with Crippen LogP contribution >= 0.6 is 0 Å². The summed E-state index contributed by atoms with van der Waals surface area (Å²) in [5.74, 6) is 0.462. The van der Waals surface area contributed by atoms with Crippen LogP contribution in [0.25, 0.3) is 0 Å². The lowest BCUT2D eigenvalue weighted by Crippen LogP contribution is -2.43. The first-order chi connectivity index (χ1) is 16.8. The summed E-state index contributed by atoms with van der Waals surface area (Å²) in [7, 11) is 1.58. The smallest absolute Gasteiger partial charge is 0.355 e. The number of pyridine rings is 1. The summed E-state index contributed by atoms with van der Waals surface area (Å²) in [5, 5.41) is 3.14. The lowest BCUT2D eigenvalue weighted by Gasteiger charge is -2.16. The number of halogens is 1. The van der Waals surface area contributed by atoms with Crippen molar-refractivity contribution < 1.29 is 9.13 Å².